The number of carbonyl (C=O) groups is 4. The summed E-state index contributed by atoms with van der Waals surface area (Å²) in [6, 6.07) is -1.09. The number of esters is 1. The zero-order valence-corrected chi connectivity index (χ0v) is 48.1. The monoisotopic (exact) mass is 1130 g/mol. The lowest BCUT2D eigenvalue weighted by atomic mass is 9.78. The van der Waals surface area contributed by atoms with Crippen LogP contribution < -0.4 is 0 Å². The Morgan fingerprint density at radius 3 is 2.25 bits per heavy atom. The van der Waals surface area contributed by atoms with Gasteiger partial charge in [0.25, 0.3) is 5.91 Å². The first-order valence-corrected chi connectivity index (χ1v) is 28.3. The average Bonchev–Trinajstić information content (AvgIpc) is 3.42. The van der Waals surface area contributed by atoms with Crippen LogP contribution in [0.15, 0.2) is 59.8 Å². The average molecular weight is 1130 g/mol. The number of amides is 1. The Morgan fingerprint density at radius 1 is 0.848 bits per heavy atom. The van der Waals surface area contributed by atoms with E-state index in [2.05, 4.69) is 11.3 Å². The Morgan fingerprint density at radius 2 is 1.57 bits per heavy atom. The standard InChI is InChI=1S/C59H92F3NO16/c1-37-16-12-11-13-17-38(2)50(76-29-28-73-26-27-74-36-58(60,61)62)34-46-21-19-43(7)59(78-46,79-70)44(8)56(68)63-23-15-14-18-47(63)57(69)77-51(40(4)32-45-20-22-49(75-25-24-64)52(33-45)71-9)35-48(65)39(3)31-42(6)54(67)55(72-10)53(66)41(5)30-37/h11-13,16-17,31,37,39-41,43,45-47,49-52,54-55,64,67,70H,8,14-15,18-30,32-36H2,1-7,9-10H3/b13-11+,16-12+,38-17+,42-31+/t37-,39-,40-,41-,43-,45+,46+,47+,49-,50-,51+,52-,54-,55+,59+/m1/s1. The van der Waals surface area contributed by atoms with Crippen LogP contribution in [-0.2, 0) is 62.0 Å². The molecule has 4 aliphatic rings. The van der Waals surface area contributed by atoms with Gasteiger partial charge in [0.2, 0.25) is 5.79 Å². The van der Waals surface area contributed by atoms with Crippen LogP contribution in [0.2, 0.25) is 0 Å². The van der Waals surface area contributed by atoms with Gasteiger partial charge in [-0.1, -0.05) is 77.7 Å². The van der Waals surface area contributed by atoms with E-state index in [1.807, 2.05) is 51.2 Å². The molecule has 1 amide bonds. The maximum atomic E-state index is 14.9. The predicted octanol–water partition coefficient (Wildman–Crippen LogP) is 8.65. The number of ether oxygens (including phenoxy) is 8. The number of carbonyl (C=O) groups excluding carboxylic acids is 4. The molecule has 3 aliphatic heterocycles. The van der Waals surface area contributed by atoms with Gasteiger partial charge >= 0.3 is 12.1 Å². The number of nitrogens with zero attached hydrogens (tertiary/aromatic N) is 1. The third-order valence-electron chi connectivity index (χ3n) is 16.0. The summed E-state index contributed by atoms with van der Waals surface area (Å²) >= 11 is 0. The number of Topliss-reactive ketones (excluding diaryl/α,β-unsaturated/α-hetero) is 2. The molecule has 20 heteroatoms. The van der Waals surface area contributed by atoms with Crippen molar-refractivity contribution in [3.8, 4) is 0 Å². The highest BCUT2D eigenvalue weighted by Crippen LogP contribution is 2.43. The molecule has 3 N–H and O–H groups in total. The first kappa shape index (κ1) is 67.8. The molecule has 1 aliphatic carbocycles. The van der Waals surface area contributed by atoms with Crippen molar-refractivity contribution in [3.05, 3.63) is 59.8 Å². The van der Waals surface area contributed by atoms with Crippen LogP contribution in [-0.4, -0.2) is 172 Å². The molecule has 450 valence electrons. The van der Waals surface area contributed by atoms with Crippen molar-refractivity contribution in [1.29, 1.82) is 0 Å². The number of allylic oxidation sites excluding steroid dienone is 6. The van der Waals surface area contributed by atoms with E-state index >= 15 is 0 Å². The van der Waals surface area contributed by atoms with E-state index < -0.39 is 84.8 Å². The lowest BCUT2D eigenvalue weighted by Gasteiger charge is -2.46. The molecule has 3 fully saturated rings. The lowest BCUT2D eigenvalue weighted by molar-refractivity contribution is -0.421. The van der Waals surface area contributed by atoms with Gasteiger partial charge in [-0.25, -0.2) is 10.1 Å². The second-order valence-electron chi connectivity index (χ2n) is 22.3. The molecule has 17 nitrogen and oxygen atoms in total. The molecule has 2 saturated heterocycles. The van der Waals surface area contributed by atoms with Crippen molar-refractivity contribution in [2.75, 3.05) is 67.0 Å². The van der Waals surface area contributed by atoms with Gasteiger partial charge in [-0.05, 0) is 107 Å². The van der Waals surface area contributed by atoms with Crippen molar-refractivity contribution < 1.29 is 90.6 Å². The summed E-state index contributed by atoms with van der Waals surface area (Å²) in [6.45, 7) is 15.4. The van der Waals surface area contributed by atoms with Gasteiger partial charge in [0.05, 0.1) is 69.6 Å². The van der Waals surface area contributed by atoms with Gasteiger partial charge in [0, 0.05) is 51.4 Å². The van der Waals surface area contributed by atoms with Crippen LogP contribution >= 0.6 is 0 Å². The van der Waals surface area contributed by atoms with Crippen molar-refractivity contribution >= 4 is 23.4 Å². The number of hydrogen-bond donors (Lipinski definition) is 3. The molecule has 79 heavy (non-hydrogen) atoms. The number of halogens is 3. The molecule has 0 unspecified atom stereocenters. The normalized spacial score (nSPS) is 35.6. The number of hydrogen-bond acceptors (Lipinski definition) is 16. The fourth-order valence-corrected chi connectivity index (χ4v) is 11.4. The van der Waals surface area contributed by atoms with Crippen LogP contribution in [0, 0.1) is 35.5 Å². The van der Waals surface area contributed by atoms with Gasteiger partial charge in [0.15, 0.2) is 5.78 Å². The largest absolute Gasteiger partial charge is 0.460 e. The zero-order valence-electron chi connectivity index (χ0n) is 48.1. The van der Waals surface area contributed by atoms with Gasteiger partial charge < -0.3 is 53.0 Å². The third-order valence-corrected chi connectivity index (χ3v) is 16.0. The van der Waals surface area contributed by atoms with E-state index in [1.54, 1.807) is 40.9 Å². The highest BCUT2D eigenvalue weighted by atomic mass is 19.4. The highest BCUT2D eigenvalue weighted by Gasteiger charge is 2.52. The summed E-state index contributed by atoms with van der Waals surface area (Å²) in [4.78, 5) is 64.4. The summed E-state index contributed by atoms with van der Waals surface area (Å²) in [5.74, 6) is -6.13. The van der Waals surface area contributed by atoms with E-state index in [-0.39, 0.29) is 113 Å². The van der Waals surface area contributed by atoms with E-state index in [1.165, 1.54) is 12.0 Å². The number of alkyl halides is 3. The molecule has 4 rings (SSSR count). The van der Waals surface area contributed by atoms with Crippen LogP contribution in [0.4, 0.5) is 13.2 Å². The number of methoxy groups -OCH3 is 2. The number of cyclic esters (lactones) is 1. The molecule has 1 saturated carbocycles. The van der Waals surface area contributed by atoms with Crippen LogP contribution in [0.5, 0.6) is 0 Å². The number of fused-ring (bicyclic) bond motifs is 3. The fourth-order valence-electron chi connectivity index (χ4n) is 11.4. The minimum Gasteiger partial charge on any atom is -0.460 e. The molecule has 0 aromatic carbocycles. The van der Waals surface area contributed by atoms with Crippen LogP contribution in [0.25, 0.3) is 0 Å². The number of aliphatic hydroxyl groups excluding tert-OH is 2. The first-order valence-electron chi connectivity index (χ1n) is 28.3. The Kier molecular flexibility index (Phi) is 28.7. The van der Waals surface area contributed by atoms with Gasteiger partial charge in [-0.15, -0.1) is 0 Å². The van der Waals surface area contributed by atoms with Crippen molar-refractivity contribution in [2.45, 2.75) is 186 Å². The molecule has 0 aromatic heterocycles. The van der Waals surface area contributed by atoms with Gasteiger partial charge in [0.1, 0.15) is 36.7 Å². The Bertz CT molecular complexity index is 2060. The summed E-state index contributed by atoms with van der Waals surface area (Å²) in [7, 11) is 2.98. The van der Waals surface area contributed by atoms with Gasteiger partial charge in [-0.2, -0.15) is 18.1 Å². The predicted molar refractivity (Wildman–Crippen MR) is 288 cm³/mol. The Labute approximate surface area is 466 Å². The zero-order chi connectivity index (χ0) is 58.5. The van der Waals surface area contributed by atoms with E-state index in [4.69, 9.17) is 38.0 Å². The molecule has 15 atom stereocenters. The molecule has 0 radical (unpaired) electrons. The van der Waals surface area contributed by atoms with Crippen molar-refractivity contribution in [2.24, 2.45) is 35.5 Å². The molecule has 0 aromatic rings. The third kappa shape index (κ3) is 20.6. The van der Waals surface area contributed by atoms with Gasteiger partial charge in [-0.3, -0.25) is 14.4 Å². The molecular weight excluding hydrogens is 1040 g/mol. The summed E-state index contributed by atoms with van der Waals surface area (Å²) < 4.78 is 84.4. The quantitative estimate of drug-likeness (QED) is 0.0310. The molecular formula is C59H92F3NO16. The highest BCUT2D eigenvalue weighted by molar-refractivity contribution is 5.97. The number of rotatable bonds is 17. The minimum absolute atomic E-state index is 0.0430. The fraction of sp³-hybridized carbons (Fsp3) is 0.763. The first-order chi connectivity index (χ1) is 37.5. The van der Waals surface area contributed by atoms with Crippen molar-refractivity contribution in [1.82, 2.24) is 4.90 Å². The number of piperidine rings is 1. The topological polar surface area (TPSA) is 215 Å². The summed E-state index contributed by atoms with van der Waals surface area (Å²) in [5.41, 5.74) is 0.913. The van der Waals surface area contributed by atoms with Crippen molar-refractivity contribution in [3.63, 3.8) is 0 Å². The second-order valence-corrected chi connectivity index (χ2v) is 22.3. The maximum absolute atomic E-state index is 14.9. The van der Waals surface area contributed by atoms with E-state index in [0.29, 0.717) is 56.9 Å². The molecule has 0 spiro atoms. The number of aliphatic hydroxyl groups is 2. The Balaban J connectivity index is 1.70. The molecule has 2 bridgehead atoms. The van der Waals surface area contributed by atoms with E-state index in [9.17, 15) is 47.8 Å². The molecule has 3 heterocycles. The van der Waals surface area contributed by atoms with Crippen LogP contribution in [0.1, 0.15) is 126 Å². The van der Waals surface area contributed by atoms with Crippen LogP contribution in [0.3, 0.4) is 0 Å². The smallest absolute Gasteiger partial charge is 0.411 e. The van der Waals surface area contributed by atoms with E-state index in [0.717, 1.165) is 12.0 Å². The SMILES string of the molecule is C=C1C(=O)N2CCCC[C@H]2C(=O)O[C@H]([C@H](C)C[C@@H]2CC[C@@H](OCCO)[C@H](OC)C2)CC(=O)[C@H](C)/C=C(\C)[C@@H](O)[C@@H](OC)C(=O)[C@H](C)C[C@H](C)/C=C/C=C/C=C(\C)[C@H](OCCOCCOCC(F)(F)F)C[C@@H]2CC[C@@H](C)[C@@]1(OO)O2. The Hall–Kier alpha value is -3.67. The summed E-state index contributed by atoms with van der Waals surface area (Å²) in [6.07, 6.45) is 6.73. The minimum atomic E-state index is -4.45. The summed E-state index contributed by atoms with van der Waals surface area (Å²) in [5, 5.41) is 31.7. The number of ketones is 2. The lowest BCUT2D eigenvalue weighted by Crippen LogP contribution is -2.57. The second kappa shape index (κ2) is 33.4. The maximum Gasteiger partial charge on any atom is 0.411 e.